The number of aromatic nitrogens is 2. The van der Waals surface area contributed by atoms with E-state index in [0.29, 0.717) is 11.1 Å². The molecule has 4 nitrogen and oxygen atoms in total. The lowest BCUT2D eigenvalue weighted by atomic mass is 10.1. The Morgan fingerprint density at radius 3 is 2.81 bits per heavy atom. The van der Waals surface area contributed by atoms with Gasteiger partial charge in [-0.1, -0.05) is 22.0 Å². The molecule has 0 aliphatic rings. The minimum atomic E-state index is -0.456. The lowest BCUT2D eigenvalue weighted by Crippen LogP contribution is -2.14. The Balaban J connectivity index is 1.99. The first-order chi connectivity index (χ1) is 10.1. The first-order valence-electron chi connectivity index (χ1n) is 6.11. The predicted molar refractivity (Wildman–Crippen MR) is 81.6 cm³/mol. The second kappa shape index (κ2) is 5.57. The maximum Gasteiger partial charge on any atom is 0.259 e. The van der Waals surface area contributed by atoms with Crippen LogP contribution >= 0.6 is 15.9 Å². The van der Waals surface area contributed by atoms with E-state index in [-0.39, 0.29) is 11.7 Å². The van der Waals surface area contributed by atoms with Crippen molar-refractivity contribution in [1.29, 1.82) is 0 Å². The highest BCUT2D eigenvalue weighted by atomic mass is 79.9. The van der Waals surface area contributed by atoms with Gasteiger partial charge in [0.1, 0.15) is 11.6 Å². The second-order valence-corrected chi connectivity index (χ2v) is 5.26. The van der Waals surface area contributed by atoms with Gasteiger partial charge in [0.25, 0.3) is 5.91 Å². The molecule has 2 aromatic heterocycles. The molecule has 3 aromatic rings. The molecule has 0 saturated carbocycles. The Labute approximate surface area is 128 Å². The monoisotopic (exact) mass is 345 g/mol. The number of nitrogens with zero attached hydrogens (tertiary/aromatic N) is 2. The molecule has 0 fully saturated rings. The van der Waals surface area contributed by atoms with Crippen LogP contribution in [0, 0.1) is 5.82 Å². The number of halogens is 2. The van der Waals surface area contributed by atoms with Crippen LogP contribution in [0.15, 0.2) is 53.3 Å². The fourth-order valence-corrected chi connectivity index (χ4v) is 2.44. The molecular formula is C15H9BrFN3O. The molecule has 0 atom stereocenters. The zero-order chi connectivity index (χ0) is 14.8. The molecule has 104 valence electrons. The van der Waals surface area contributed by atoms with Crippen LogP contribution in [-0.4, -0.2) is 15.9 Å². The number of hydrogen-bond donors (Lipinski definition) is 1. The lowest BCUT2D eigenvalue weighted by Gasteiger charge is -2.07. The lowest BCUT2D eigenvalue weighted by molar-refractivity contribution is 0.102. The molecule has 0 spiro atoms. The number of anilines is 1. The van der Waals surface area contributed by atoms with Gasteiger partial charge in [-0.25, -0.2) is 9.37 Å². The van der Waals surface area contributed by atoms with E-state index in [1.807, 2.05) is 12.1 Å². The molecule has 6 heteroatoms. The minimum absolute atomic E-state index is 0.283. The number of benzene rings is 1. The summed E-state index contributed by atoms with van der Waals surface area (Å²) in [6.45, 7) is 0. The van der Waals surface area contributed by atoms with E-state index in [2.05, 4.69) is 31.2 Å². The summed E-state index contributed by atoms with van der Waals surface area (Å²) in [5.41, 5.74) is 1.02. The van der Waals surface area contributed by atoms with E-state index >= 15 is 0 Å². The third-order valence-electron chi connectivity index (χ3n) is 2.88. The van der Waals surface area contributed by atoms with Crippen molar-refractivity contribution in [2.75, 3.05) is 5.32 Å². The normalized spacial score (nSPS) is 10.6. The van der Waals surface area contributed by atoms with E-state index in [0.717, 1.165) is 16.1 Å². The largest absolute Gasteiger partial charge is 0.306 e. The van der Waals surface area contributed by atoms with E-state index in [9.17, 15) is 9.18 Å². The van der Waals surface area contributed by atoms with Crippen molar-refractivity contribution < 1.29 is 9.18 Å². The van der Waals surface area contributed by atoms with Gasteiger partial charge in [-0.2, -0.15) is 0 Å². The summed E-state index contributed by atoms with van der Waals surface area (Å²) in [6, 6.07) is 9.89. The summed E-state index contributed by atoms with van der Waals surface area (Å²) in [7, 11) is 0. The van der Waals surface area contributed by atoms with Gasteiger partial charge in [-0.3, -0.25) is 9.78 Å². The highest BCUT2D eigenvalue weighted by molar-refractivity contribution is 9.10. The first-order valence-corrected chi connectivity index (χ1v) is 6.90. The average molecular weight is 346 g/mol. The standard InChI is InChI=1S/C15H9BrFN3O/c16-10-6-9-2-1-5-18-14(9)12(7-10)15(21)20-13-4-3-11(17)8-19-13/h1-8H,(H,19,20,21). The third-order valence-corrected chi connectivity index (χ3v) is 3.34. The van der Waals surface area contributed by atoms with Gasteiger partial charge < -0.3 is 5.32 Å². The van der Waals surface area contributed by atoms with Crippen molar-refractivity contribution in [3.63, 3.8) is 0 Å². The molecule has 0 aliphatic heterocycles. The summed E-state index contributed by atoms with van der Waals surface area (Å²) in [5, 5.41) is 3.48. The van der Waals surface area contributed by atoms with Crippen LogP contribution in [0.2, 0.25) is 0 Å². The van der Waals surface area contributed by atoms with Crippen molar-refractivity contribution >= 4 is 38.6 Å². The number of fused-ring (bicyclic) bond motifs is 1. The highest BCUT2D eigenvalue weighted by Gasteiger charge is 2.13. The summed E-state index contributed by atoms with van der Waals surface area (Å²) < 4.78 is 13.6. The van der Waals surface area contributed by atoms with Gasteiger partial charge in [-0.05, 0) is 30.3 Å². The number of amides is 1. The van der Waals surface area contributed by atoms with E-state index in [1.165, 1.54) is 12.1 Å². The summed E-state index contributed by atoms with van der Waals surface area (Å²) in [5.74, 6) is -0.521. The predicted octanol–water partition coefficient (Wildman–Crippen LogP) is 3.78. The third kappa shape index (κ3) is 2.90. The molecule has 0 saturated heterocycles. The number of carbonyl (C=O) groups excluding carboxylic acids is 1. The van der Waals surface area contributed by atoms with E-state index in [4.69, 9.17) is 0 Å². The van der Waals surface area contributed by atoms with Gasteiger partial charge >= 0.3 is 0 Å². The average Bonchev–Trinajstić information content (AvgIpc) is 2.48. The van der Waals surface area contributed by atoms with Crippen LogP contribution in [-0.2, 0) is 0 Å². The molecule has 0 radical (unpaired) electrons. The van der Waals surface area contributed by atoms with Gasteiger partial charge in [0, 0.05) is 16.1 Å². The quantitative estimate of drug-likeness (QED) is 0.768. The molecule has 1 N–H and O–H groups in total. The molecule has 3 rings (SSSR count). The molecule has 2 heterocycles. The van der Waals surface area contributed by atoms with Crippen LogP contribution in [0.4, 0.5) is 10.2 Å². The van der Waals surface area contributed by atoms with Crippen LogP contribution < -0.4 is 5.32 Å². The second-order valence-electron chi connectivity index (χ2n) is 4.34. The van der Waals surface area contributed by atoms with Crippen LogP contribution in [0.5, 0.6) is 0 Å². The molecule has 0 aliphatic carbocycles. The van der Waals surface area contributed by atoms with Crippen molar-refractivity contribution in [2.45, 2.75) is 0 Å². The van der Waals surface area contributed by atoms with Crippen molar-refractivity contribution in [1.82, 2.24) is 9.97 Å². The number of rotatable bonds is 2. The van der Waals surface area contributed by atoms with Crippen LogP contribution in [0.25, 0.3) is 10.9 Å². The number of nitrogens with one attached hydrogen (secondary N) is 1. The number of carbonyl (C=O) groups is 1. The Morgan fingerprint density at radius 1 is 1.19 bits per heavy atom. The van der Waals surface area contributed by atoms with Gasteiger partial charge in [-0.15, -0.1) is 0 Å². The molecule has 0 unspecified atom stereocenters. The van der Waals surface area contributed by atoms with E-state index in [1.54, 1.807) is 18.3 Å². The SMILES string of the molecule is O=C(Nc1ccc(F)cn1)c1cc(Br)cc2cccnc12. The van der Waals surface area contributed by atoms with Crippen molar-refractivity contribution in [2.24, 2.45) is 0 Å². The van der Waals surface area contributed by atoms with Gasteiger partial charge in [0.05, 0.1) is 17.3 Å². The van der Waals surface area contributed by atoms with Crippen LogP contribution in [0.1, 0.15) is 10.4 Å². The fraction of sp³-hybridized carbons (Fsp3) is 0. The van der Waals surface area contributed by atoms with Crippen molar-refractivity contribution in [3.05, 3.63) is 64.6 Å². The minimum Gasteiger partial charge on any atom is -0.306 e. The Hall–Kier alpha value is -2.34. The summed E-state index contributed by atoms with van der Waals surface area (Å²) in [6.07, 6.45) is 2.68. The smallest absolute Gasteiger partial charge is 0.259 e. The Kier molecular flexibility index (Phi) is 3.62. The number of hydrogen-bond acceptors (Lipinski definition) is 3. The Morgan fingerprint density at radius 2 is 2.05 bits per heavy atom. The molecule has 1 aromatic carbocycles. The van der Waals surface area contributed by atoms with Crippen molar-refractivity contribution in [3.8, 4) is 0 Å². The Bertz CT molecular complexity index is 821. The van der Waals surface area contributed by atoms with E-state index < -0.39 is 5.82 Å². The first kappa shape index (κ1) is 13.6. The highest BCUT2D eigenvalue weighted by Crippen LogP contribution is 2.23. The van der Waals surface area contributed by atoms with Gasteiger partial charge in [0.2, 0.25) is 0 Å². The maximum atomic E-state index is 12.8. The summed E-state index contributed by atoms with van der Waals surface area (Å²) in [4.78, 5) is 20.4. The molecular weight excluding hydrogens is 337 g/mol. The number of pyridine rings is 2. The fourth-order valence-electron chi connectivity index (χ4n) is 1.96. The zero-order valence-electron chi connectivity index (χ0n) is 10.7. The maximum absolute atomic E-state index is 12.8. The van der Waals surface area contributed by atoms with Crippen LogP contribution in [0.3, 0.4) is 0 Å². The molecule has 21 heavy (non-hydrogen) atoms. The molecule has 0 bridgehead atoms. The topological polar surface area (TPSA) is 54.9 Å². The summed E-state index contributed by atoms with van der Waals surface area (Å²) >= 11 is 3.37. The zero-order valence-corrected chi connectivity index (χ0v) is 12.3. The van der Waals surface area contributed by atoms with Gasteiger partial charge in [0.15, 0.2) is 0 Å². The molecule has 1 amide bonds.